The standard InChI is InChI=1S/C18H30.2C5H10.Zr/c1-7-15-11-13(5)14(6)12-16(8-2)18(10-4)17(15)9-3;2*1-2-4-5-3-1;/h13-14H,5-12H2,1-4H3;2*1-5H2;/q-2;;;+4/b17-15-,18-16-;;;/t13-,14-;;;/m0.../s1. The molecule has 0 aromatic carbocycles. The molecule has 0 heterocycles. The first kappa shape index (κ1) is 29.4. The van der Waals surface area contributed by atoms with Crippen LogP contribution in [0.1, 0.15) is 130 Å². The van der Waals surface area contributed by atoms with Gasteiger partial charge in [0.25, 0.3) is 0 Å². The fraction of sp³-hybridized carbons (Fsp3) is 0.786. The SMILES string of the molecule is C1CCCC1.C1CCCC1.[CH2-][C@H]1C/C(CC)=C(CC)\C(CC)=C(\CC)C[C@@H]1[CH2-].[Zr+4]. The van der Waals surface area contributed by atoms with Crippen LogP contribution in [0.25, 0.3) is 0 Å². The zero-order valence-electron chi connectivity index (χ0n) is 20.4. The Bertz CT molecular complexity index is 403. The van der Waals surface area contributed by atoms with Crippen molar-refractivity contribution in [2.45, 2.75) is 130 Å². The number of allylic oxidation sites excluding steroid dienone is 4. The molecule has 3 aliphatic carbocycles. The van der Waals surface area contributed by atoms with Crippen LogP contribution in [0.2, 0.25) is 0 Å². The summed E-state index contributed by atoms with van der Waals surface area (Å²) in [5, 5.41) is 0. The fourth-order valence-electron chi connectivity index (χ4n) is 5.05. The smallest absolute Gasteiger partial charge is 0.342 e. The van der Waals surface area contributed by atoms with E-state index in [4.69, 9.17) is 0 Å². The van der Waals surface area contributed by atoms with E-state index in [1.165, 1.54) is 89.9 Å². The van der Waals surface area contributed by atoms with Gasteiger partial charge in [-0.25, -0.2) is 0 Å². The molecule has 0 unspecified atom stereocenters. The summed E-state index contributed by atoms with van der Waals surface area (Å²) < 4.78 is 0. The van der Waals surface area contributed by atoms with E-state index in [1.54, 1.807) is 22.3 Å². The average molecular weight is 478 g/mol. The van der Waals surface area contributed by atoms with Crippen LogP contribution in [0.4, 0.5) is 0 Å². The van der Waals surface area contributed by atoms with Crippen LogP contribution in [-0.4, -0.2) is 0 Å². The second kappa shape index (κ2) is 18.0. The van der Waals surface area contributed by atoms with E-state index in [1.807, 2.05) is 0 Å². The van der Waals surface area contributed by atoms with Gasteiger partial charge in [0.15, 0.2) is 0 Å². The maximum atomic E-state index is 4.35. The van der Waals surface area contributed by atoms with Crippen molar-refractivity contribution in [2.24, 2.45) is 11.8 Å². The Labute approximate surface area is 203 Å². The predicted molar refractivity (Wildman–Crippen MR) is 128 cm³/mol. The number of hydrogen-bond acceptors (Lipinski definition) is 0. The minimum atomic E-state index is 0. The molecule has 2 atom stereocenters. The van der Waals surface area contributed by atoms with Crippen LogP contribution in [0.5, 0.6) is 0 Å². The molecule has 0 aliphatic heterocycles. The second-order valence-electron chi connectivity index (χ2n) is 9.04. The number of rotatable bonds is 4. The van der Waals surface area contributed by atoms with Crippen molar-refractivity contribution in [3.63, 3.8) is 0 Å². The molecular formula is C28H50Zr+2. The van der Waals surface area contributed by atoms with Gasteiger partial charge in [0.05, 0.1) is 0 Å². The molecular weight excluding hydrogens is 428 g/mol. The minimum absolute atomic E-state index is 0. The van der Waals surface area contributed by atoms with Gasteiger partial charge in [0.2, 0.25) is 0 Å². The van der Waals surface area contributed by atoms with Crippen molar-refractivity contribution < 1.29 is 26.2 Å². The third kappa shape index (κ3) is 11.0. The van der Waals surface area contributed by atoms with Crippen molar-refractivity contribution >= 4 is 0 Å². The molecule has 0 radical (unpaired) electrons. The molecule has 0 aromatic rings. The van der Waals surface area contributed by atoms with Gasteiger partial charge in [-0.3, -0.25) is 0 Å². The van der Waals surface area contributed by atoms with E-state index < -0.39 is 0 Å². The number of hydrogen-bond donors (Lipinski definition) is 0. The molecule has 2 saturated carbocycles. The van der Waals surface area contributed by atoms with Crippen LogP contribution in [0, 0.1) is 25.7 Å². The predicted octanol–water partition coefficient (Wildman–Crippen LogP) is 9.81. The summed E-state index contributed by atoms with van der Waals surface area (Å²) in [5.74, 6) is 0.947. The Morgan fingerprint density at radius 1 is 0.517 bits per heavy atom. The van der Waals surface area contributed by atoms with Crippen LogP contribution >= 0.6 is 0 Å². The Kier molecular flexibility index (Phi) is 18.2. The second-order valence-corrected chi connectivity index (χ2v) is 9.04. The van der Waals surface area contributed by atoms with E-state index >= 15 is 0 Å². The van der Waals surface area contributed by atoms with Crippen molar-refractivity contribution in [2.75, 3.05) is 0 Å². The van der Waals surface area contributed by atoms with Gasteiger partial charge in [-0.1, -0.05) is 116 Å². The first-order valence-electron chi connectivity index (χ1n) is 12.7. The quantitative estimate of drug-likeness (QED) is 0.353. The minimum Gasteiger partial charge on any atom is -0.342 e. The molecule has 0 saturated heterocycles. The molecule has 0 aromatic heterocycles. The largest absolute Gasteiger partial charge is 4.00 e. The van der Waals surface area contributed by atoms with Crippen LogP contribution in [0.3, 0.4) is 0 Å². The molecule has 0 bridgehead atoms. The Hall–Kier alpha value is 0.363. The summed E-state index contributed by atoms with van der Waals surface area (Å²) in [6, 6.07) is 0. The van der Waals surface area contributed by atoms with Gasteiger partial charge in [0.1, 0.15) is 0 Å². The van der Waals surface area contributed by atoms with Gasteiger partial charge >= 0.3 is 26.2 Å². The van der Waals surface area contributed by atoms with Gasteiger partial charge < -0.3 is 13.8 Å². The molecule has 29 heavy (non-hydrogen) atoms. The normalized spacial score (nSPS) is 29.6. The van der Waals surface area contributed by atoms with Crippen molar-refractivity contribution in [3.8, 4) is 0 Å². The van der Waals surface area contributed by atoms with Gasteiger partial charge in [-0.15, -0.1) is 0 Å². The van der Waals surface area contributed by atoms with E-state index in [-0.39, 0.29) is 26.2 Å². The fourth-order valence-corrected chi connectivity index (χ4v) is 5.05. The maximum Gasteiger partial charge on any atom is 4.00 e. The van der Waals surface area contributed by atoms with E-state index in [0.717, 1.165) is 12.8 Å². The zero-order valence-corrected chi connectivity index (χ0v) is 22.8. The summed E-state index contributed by atoms with van der Waals surface area (Å²) in [6.45, 7) is 17.9. The summed E-state index contributed by atoms with van der Waals surface area (Å²) in [5.41, 5.74) is 6.54. The first-order valence-corrected chi connectivity index (χ1v) is 12.7. The van der Waals surface area contributed by atoms with E-state index in [0.29, 0.717) is 11.8 Å². The Balaban J connectivity index is 0.000000575. The average Bonchev–Trinajstić information content (AvgIpc) is 3.46. The van der Waals surface area contributed by atoms with Gasteiger partial charge in [-0.05, 0) is 36.8 Å². The third-order valence-corrected chi connectivity index (χ3v) is 6.96. The molecule has 3 aliphatic rings. The van der Waals surface area contributed by atoms with Crippen molar-refractivity contribution in [1.29, 1.82) is 0 Å². The maximum absolute atomic E-state index is 4.35. The van der Waals surface area contributed by atoms with Crippen molar-refractivity contribution in [1.82, 2.24) is 0 Å². The Morgan fingerprint density at radius 2 is 0.759 bits per heavy atom. The molecule has 0 amide bonds. The molecule has 0 N–H and O–H groups in total. The van der Waals surface area contributed by atoms with Crippen LogP contribution < -0.4 is 0 Å². The molecule has 164 valence electrons. The first-order chi connectivity index (χ1) is 13.6. The van der Waals surface area contributed by atoms with Gasteiger partial charge in [0, 0.05) is 0 Å². The molecule has 1 heteroatoms. The summed E-state index contributed by atoms with van der Waals surface area (Å²) in [4.78, 5) is 0. The molecule has 2 fully saturated rings. The van der Waals surface area contributed by atoms with E-state index in [9.17, 15) is 0 Å². The summed E-state index contributed by atoms with van der Waals surface area (Å²) in [6.07, 6.45) is 22.0. The monoisotopic (exact) mass is 476 g/mol. The van der Waals surface area contributed by atoms with Gasteiger partial charge in [-0.2, -0.15) is 11.8 Å². The summed E-state index contributed by atoms with van der Waals surface area (Å²) in [7, 11) is 0. The van der Waals surface area contributed by atoms with E-state index in [2.05, 4.69) is 41.5 Å². The topological polar surface area (TPSA) is 0 Å². The zero-order chi connectivity index (χ0) is 20.8. The summed E-state index contributed by atoms with van der Waals surface area (Å²) >= 11 is 0. The van der Waals surface area contributed by atoms with Crippen molar-refractivity contribution in [3.05, 3.63) is 36.1 Å². The molecule has 0 spiro atoms. The van der Waals surface area contributed by atoms with Crippen LogP contribution in [0.15, 0.2) is 22.3 Å². The van der Waals surface area contributed by atoms with Crippen LogP contribution in [-0.2, 0) is 26.2 Å². The molecule has 0 nitrogen and oxygen atoms in total. The molecule has 3 rings (SSSR count). The third-order valence-electron chi connectivity index (χ3n) is 6.96. The Morgan fingerprint density at radius 3 is 0.931 bits per heavy atom.